The van der Waals surface area contributed by atoms with Gasteiger partial charge >= 0.3 is 0 Å². The monoisotopic (exact) mass is 506 g/mol. The third-order valence-corrected chi connectivity index (χ3v) is 5.60. The zero-order valence-electron chi connectivity index (χ0n) is 14.9. The van der Waals surface area contributed by atoms with E-state index in [1.807, 2.05) is 6.92 Å². The van der Waals surface area contributed by atoms with Crippen LogP contribution in [0.1, 0.15) is 36.5 Å². The van der Waals surface area contributed by atoms with E-state index in [9.17, 15) is 14.7 Å². The summed E-state index contributed by atoms with van der Waals surface area (Å²) in [4.78, 5) is 24.2. The Morgan fingerprint density at radius 3 is 2.43 bits per heavy atom. The first kappa shape index (κ1) is 22.8. The first-order valence-corrected chi connectivity index (χ1v) is 10.5. The number of hydrogen-bond acceptors (Lipinski definition) is 3. The molecule has 0 aliphatic rings. The number of benzene rings is 2. The lowest BCUT2D eigenvalue weighted by atomic mass is 10.2. The molecule has 0 saturated heterocycles. The van der Waals surface area contributed by atoms with E-state index < -0.39 is 5.91 Å². The molecule has 0 bridgehead atoms. The largest absolute Gasteiger partial charge is 0.506 e. The van der Waals surface area contributed by atoms with Crippen molar-refractivity contribution in [2.75, 3.05) is 10.6 Å². The van der Waals surface area contributed by atoms with E-state index >= 15 is 0 Å². The van der Waals surface area contributed by atoms with E-state index in [2.05, 4.69) is 26.6 Å². The summed E-state index contributed by atoms with van der Waals surface area (Å²) in [5, 5.41) is 16.2. The first-order valence-electron chi connectivity index (χ1n) is 8.46. The predicted molar refractivity (Wildman–Crippen MR) is 118 cm³/mol. The van der Waals surface area contributed by atoms with Gasteiger partial charge in [0.15, 0.2) is 0 Å². The smallest absolute Gasteiger partial charge is 0.257 e. The second-order valence-electron chi connectivity index (χ2n) is 6.03. The Bertz CT molecular complexity index is 893. The third kappa shape index (κ3) is 6.01. The Hall–Kier alpha value is -1.47. The van der Waals surface area contributed by atoms with Gasteiger partial charge in [-0.15, -0.1) is 0 Å². The van der Waals surface area contributed by atoms with E-state index in [4.69, 9.17) is 34.8 Å². The van der Waals surface area contributed by atoms with Gasteiger partial charge in [-0.05, 0) is 30.7 Å². The van der Waals surface area contributed by atoms with Crippen LogP contribution in [0.15, 0.2) is 30.3 Å². The van der Waals surface area contributed by atoms with Crippen LogP contribution in [0, 0.1) is 0 Å². The van der Waals surface area contributed by atoms with E-state index in [0.29, 0.717) is 11.4 Å². The van der Waals surface area contributed by atoms with Crippen molar-refractivity contribution in [1.29, 1.82) is 0 Å². The second kappa shape index (κ2) is 10.3. The standard InChI is InChI=1S/C19H18BrCl3N2O3/c1-2-3-4-12(20)19(28)24-15-9-17(26)16(8-14(15)23)25-18(27)11-6-5-10(21)7-13(11)22/h5-9,12,26H,2-4H2,1H3,(H,24,28)(H,25,27). The summed E-state index contributed by atoms with van der Waals surface area (Å²) in [5.41, 5.74) is 0.519. The van der Waals surface area contributed by atoms with Crippen LogP contribution in [0.3, 0.4) is 0 Å². The maximum absolute atomic E-state index is 12.4. The molecule has 0 aliphatic carbocycles. The lowest BCUT2D eigenvalue weighted by molar-refractivity contribution is -0.115. The zero-order valence-corrected chi connectivity index (χ0v) is 18.7. The summed E-state index contributed by atoms with van der Waals surface area (Å²) in [7, 11) is 0. The van der Waals surface area contributed by atoms with Gasteiger partial charge in [0.1, 0.15) is 5.75 Å². The van der Waals surface area contributed by atoms with Gasteiger partial charge in [-0.25, -0.2) is 0 Å². The number of nitrogens with one attached hydrogen (secondary N) is 2. The fourth-order valence-electron chi connectivity index (χ4n) is 2.35. The number of rotatable bonds is 7. The average molecular weight is 509 g/mol. The van der Waals surface area contributed by atoms with Gasteiger partial charge in [0, 0.05) is 11.1 Å². The van der Waals surface area contributed by atoms with E-state index in [-0.39, 0.29) is 43.5 Å². The molecule has 2 amide bonds. The highest BCUT2D eigenvalue weighted by atomic mass is 79.9. The molecule has 2 aromatic rings. The Kier molecular flexibility index (Phi) is 8.43. The van der Waals surface area contributed by atoms with Gasteiger partial charge in [-0.3, -0.25) is 9.59 Å². The fraction of sp³-hybridized carbons (Fsp3) is 0.263. The number of anilines is 2. The molecule has 150 valence electrons. The molecule has 0 heterocycles. The van der Waals surface area contributed by atoms with Crippen molar-refractivity contribution in [3.63, 3.8) is 0 Å². The molecule has 0 fully saturated rings. The molecule has 9 heteroatoms. The summed E-state index contributed by atoms with van der Waals surface area (Å²) in [5.74, 6) is -1.05. The van der Waals surface area contributed by atoms with Crippen LogP contribution in [0.2, 0.25) is 15.1 Å². The number of aromatic hydroxyl groups is 1. The molecular formula is C19H18BrCl3N2O3. The van der Waals surface area contributed by atoms with Crippen molar-refractivity contribution >= 4 is 73.9 Å². The lowest BCUT2D eigenvalue weighted by Crippen LogP contribution is -2.23. The van der Waals surface area contributed by atoms with Crippen LogP contribution >= 0.6 is 50.7 Å². The molecule has 3 N–H and O–H groups in total. The van der Waals surface area contributed by atoms with Crippen LogP contribution in [-0.4, -0.2) is 21.7 Å². The molecule has 0 aliphatic heterocycles. The minimum absolute atomic E-state index is 0.0837. The number of phenols is 1. The van der Waals surface area contributed by atoms with Crippen molar-refractivity contribution < 1.29 is 14.7 Å². The molecule has 0 aromatic heterocycles. The number of unbranched alkanes of at least 4 members (excludes halogenated alkanes) is 1. The summed E-state index contributed by atoms with van der Waals surface area (Å²) >= 11 is 21.4. The molecule has 28 heavy (non-hydrogen) atoms. The summed E-state index contributed by atoms with van der Waals surface area (Å²) in [6, 6.07) is 7.07. The van der Waals surface area contributed by atoms with Crippen LogP contribution < -0.4 is 10.6 Å². The normalized spacial score (nSPS) is 11.8. The fourth-order valence-corrected chi connectivity index (χ4v) is 3.49. The minimum atomic E-state index is -0.537. The molecule has 0 saturated carbocycles. The van der Waals surface area contributed by atoms with Crippen LogP contribution in [0.5, 0.6) is 5.75 Å². The highest BCUT2D eigenvalue weighted by Crippen LogP contribution is 2.35. The van der Waals surface area contributed by atoms with Crippen molar-refractivity contribution in [2.45, 2.75) is 31.0 Å². The number of carbonyl (C=O) groups is 2. The number of halogens is 4. The minimum Gasteiger partial charge on any atom is -0.506 e. The predicted octanol–water partition coefficient (Wildman–Crippen LogP) is 6.50. The molecule has 2 aromatic carbocycles. The number of hydrogen-bond donors (Lipinski definition) is 3. The highest BCUT2D eigenvalue weighted by Gasteiger charge is 2.18. The second-order valence-corrected chi connectivity index (χ2v) is 8.38. The van der Waals surface area contributed by atoms with Crippen molar-refractivity contribution in [3.8, 4) is 5.75 Å². The molecular weight excluding hydrogens is 490 g/mol. The Labute approximate surface area is 186 Å². The zero-order chi connectivity index (χ0) is 20.8. The van der Waals surface area contributed by atoms with Crippen LogP contribution in [0.25, 0.3) is 0 Å². The summed E-state index contributed by atoms with van der Waals surface area (Å²) in [6.45, 7) is 2.04. The van der Waals surface area contributed by atoms with Crippen molar-refractivity contribution in [2.24, 2.45) is 0 Å². The topological polar surface area (TPSA) is 78.4 Å². The molecule has 5 nitrogen and oxygen atoms in total. The Balaban J connectivity index is 2.14. The summed E-state index contributed by atoms with van der Waals surface area (Å²) < 4.78 is 0. The molecule has 1 unspecified atom stereocenters. The van der Waals surface area contributed by atoms with Crippen molar-refractivity contribution in [3.05, 3.63) is 51.0 Å². The lowest BCUT2D eigenvalue weighted by Gasteiger charge is -2.14. The molecule has 1 atom stereocenters. The number of amides is 2. The van der Waals surface area contributed by atoms with E-state index in [0.717, 1.165) is 12.8 Å². The van der Waals surface area contributed by atoms with Gasteiger partial charge < -0.3 is 15.7 Å². The Morgan fingerprint density at radius 1 is 1.07 bits per heavy atom. The average Bonchev–Trinajstić information content (AvgIpc) is 2.63. The van der Waals surface area contributed by atoms with Gasteiger partial charge in [0.2, 0.25) is 5.91 Å². The molecule has 0 spiro atoms. The van der Waals surface area contributed by atoms with Crippen LogP contribution in [-0.2, 0) is 4.79 Å². The van der Waals surface area contributed by atoms with Crippen molar-refractivity contribution in [1.82, 2.24) is 0 Å². The van der Waals surface area contributed by atoms with E-state index in [1.165, 1.54) is 30.3 Å². The SMILES string of the molecule is CCCCC(Br)C(=O)Nc1cc(O)c(NC(=O)c2ccc(Cl)cc2Cl)cc1Cl. The first-order chi connectivity index (χ1) is 13.2. The third-order valence-electron chi connectivity index (χ3n) is 3.86. The number of phenolic OH excluding ortho intramolecular Hbond substituents is 1. The number of carbonyl (C=O) groups excluding carboxylic acids is 2. The quantitative estimate of drug-likeness (QED) is 0.295. The maximum atomic E-state index is 12.4. The summed E-state index contributed by atoms with van der Waals surface area (Å²) in [6.07, 6.45) is 2.56. The molecule has 0 radical (unpaired) electrons. The van der Waals surface area contributed by atoms with E-state index in [1.54, 1.807) is 0 Å². The van der Waals surface area contributed by atoms with Crippen LogP contribution in [0.4, 0.5) is 11.4 Å². The maximum Gasteiger partial charge on any atom is 0.257 e. The van der Waals surface area contributed by atoms with Gasteiger partial charge in [0.05, 0.1) is 31.8 Å². The Morgan fingerprint density at radius 2 is 1.79 bits per heavy atom. The highest BCUT2D eigenvalue weighted by molar-refractivity contribution is 9.10. The van der Waals surface area contributed by atoms with Gasteiger partial charge in [-0.2, -0.15) is 0 Å². The molecule has 2 rings (SSSR count). The van der Waals surface area contributed by atoms with Gasteiger partial charge in [0.25, 0.3) is 5.91 Å². The number of alkyl halides is 1. The van der Waals surface area contributed by atoms with Gasteiger partial charge in [-0.1, -0.05) is 70.5 Å².